The Bertz CT molecular complexity index is 666. The Morgan fingerprint density at radius 2 is 1.83 bits per heavy atom. The fourth-order valence-corrected chi connectivity index (χ4v) is 2.82. The van der Waals surface area contributed by atoms with E-state index >= 15 is 0 Å². The number of likely N-dealkylation sites (N-methyl/N-ethyl adjacent to an activating group) is 1. The maximum atomic E-state index is 12.2. The fourth-order valence-electron chi connectivity index (χ4n) is 2.82. The normalized spacial score (nSPS) is 17.3. The van der Waals surface area contributed by atoms with Gasteiger partial charge in [0.2, 0.25) is 0 Å². The zero-order valence-corrected chi connectivity index (χ0v) is 13.3. The van der Waals surface area contributed by atoms with Crippen LogP contribution in [0.5, 0.6) is 0 Å². The van der Waals surface area contributed by atoms with E-state index in [0.717, 1.165) is 25.2 Å². The van der Waals surface area contributed by atoms with Gasteiger partial charge in [0.15, 0.2) is 0 Å². The summed E-state index contributed by atoms with van der Waals surface area (Å²) < 4.78 is 0. The monoisotopic (exact) mass is 310 g/mol. The molecule has 1 saturated heterocycles. The minimum Gasteiger partial charge on any atom is -0.399 e. The smallest absolute Gasteiger partial charge is 0.255 e. The number of hydrogen-bond acceptors (Lipinski definition) is 4. The molecule has 1 amide bonds. The average Bonchev–Trinajstić information content (AvgIpc) is 3.05. The van der Waals surface area contributed by atoms with E-state index in [9.17, 15) is 4.79 Å². The van der Waals surface area contributed by atoms with Crippen molar-refractivity contribution in [2.24, 2.45) is 0 Å². The quantitative estimate of drug-likeness (QED) is 0.758. The van der Waals surface area contributed by atoms with Crippen molar-refractivity contribution >= 4 is 23.0 Å². The van der Waals surface area contributed by atoms with Crippen molar-refractivity contribution in [2.75, 3.05) is 36.1 Å². The van der Waals surface area contributed by atoms with E-state index in [1.54, 1.807) is 24.3 Å². The number of rotatable bonds is 4. The first kappa shape index (κ1) is 15.4. The lowest BCUT2D eigenvalue weighted by atomic mass is 10.2. The highest BCUT2D eigenvalue weighted by atomic mass is 16.1. The number of carbonyl (C=O) groups is 1. The van der Waals surface area contributed by atoms with Gasteiger partial charge in [-0.3, -0.25) is 4.79 Å². The maximum absolute atomic E-state index is 12.2. The van der Waals surface area contributed by atoms with Crippen LogP contribution in [0.15, 0.2) is 48.5 Å². The van der Waals surface area contributed by atoms with E-state index in [1.807, 2.05) is 19.2 Å². The molecule has 2 aromatic carbocycles. The van der Waals surface area contributed by atoms with Gasteiger partial charge in [-0.1, -0.05) is 0 Å². The third-order valence-corrected chi connectivity index (χ3v) is 4.26. The van der Waals surface area contributed by atoms with Crippen LogP contribution >= 0.6 is 0 Å². The Morgan fingerprint density at radius 1 is 1.13 bits per heavy atom. The SMILES string of the molecule is CNC1CCN(c2ccc(NC(=O)c3ccc(N)cc3)cc2)C1. The molecule has 1 aliphatic heterocycles. The molecule has 5 nitrogen and oxygen atoms in total. The molecule has 0 spiro atoms. The van der Waals surface area contributed by atoms with Crippen molar-refractivity contribution in [3.63, 3.8) is 0 Å². The highest BCUT2D eigenvalue weighted by Gasteiger charge is 2.20. The van der Waals surface area contributed by atoms with Crippen molar-refractivity contribution in [2.45, 2.75) is 12.5 Å². The van der Waals surface area contributed by atoms with Gasteiger partial charge in [0.05, 0.1) is 0 Å². The van der Waals surface area contributed by atoms with E-state index in [0.29, 0.717) is 17.3 Å². The number of hydrogen-bond donors (Lipinski definition) is 3. The Kier molecular flexibility index (Phi) is 4.48. The minimum atomic E-state index is -0.130. The largest absolute Gasteiger partial charge is 0.399 e. The first-order chi connectivity index (χ1) is 11.2. The topological polar surface area (TPSA) is 70.4 Å². The van der Waals surface area contributed by atoms with Crippen molar-refractivity contribution in [3.8, 4) is 0 Å². The molecule has 3 rings (SSSR count). The van der Waals surface area contributed by atoms with E-state index in [1.165, 1.54) is 5.69 Å². The lowest BCUT2D eigenvalue weighted by Gasteiger charge is -2.19. The lowest BCUT2D eigenvalue weighted by molar-refractivity contribution is 0.102. The third-order valence-electron chi connectivity index (χ3n) is 4.26. The van der Waals surface area contributed by atoms with Crippen molar-refractivity contribution in [1.29, 1.82) is 0 Å². The molecule has 4 N–H and O–H groups in total. The maximum Gasteiger partial charge on any atom is 0.255 e. The Labute approximate surface area is 136 Å². The van der Waals surface area contributed by atoms with Gasteiger partial charge in [-0.15, -0.1) is 0 Å². The zero-order chi connectivity index (χ0) is 16.2. The molecule has 0 saturated carbocycles. The minimum absolute atomic E-state index is 0.130. The molecule has 0 bridgehead atoms. The number of nitrogens with two attached hydrogens (primary N) is 1. The van der Waals surface area contributed by atoms with Crippen LogP contribution in [-0.4, -0.2) is 32.1 Å². The third kappa shape index (κ3) is 3.63. The number of amides is 1. The second-order valence-corrected chi connectivity index (χ2v) is 5.84. The fraction of sp³-hybridized carbons (Fsp3) is 0.278. The first-order valence-electron chi connectivity index (χ1n) is 7.85. The molecular weight excluding hydrogens is 288 g/mol. The molecule has 5 heteroatoms. The number of nitrogens with one attached hydrogen (secondary N) is 2. The van der Waals surface area contributed by atoms with Gasteiger partial charge in [-0.05, 0) is 62.0 Å². The molecule has 23 heavy (non-hydrogen) atoms. The standard InChI is InChI=1S/C18H22N4O/c1-20-16-10-11-22(12-16)17-8-6-15(7-9-17)21-18(23)13-2-4-14(19)5-3-13/h2-9,16,20H,10-12,19H2,1H3,(H,21,23). The second-order valence-electron chi connectivity index (χ2n) is 5.84. The summed E-state index contributed by atoms with van der Waals surface area (Å²) >= 11 is 0. The molecular formula is C18H22N4O. The number of anilines is 3. The number of carbonyl (C=O) groups excluding carboxylic acids is 1. The Balaban J connectivity index is 1.63. The highest BCUT2D eigenvalue weighted by Crippen LogP contribution is 2.22. The van der Waals surface area contributed by atoms with E-state index < -0.39 is 0 Å². The summed E-state index contributed by atoms with van der Waals surface area (Å²) in [6.07, 6.45) is 1.16. The Morgan fingerprint density at radius 3 is 2.43 bits per heavy atom. The van der Waals surface area contributed by atoms with Gasteiger partial charge in [0.1, 0.15) is 0 Å². The molecule has 0 aliphatic carbocycles. The number of nitrogen functional groups attached to an aromatic ring is 1. The molecule has 120 valence electrons. The van der Waals surface area contributed by atoms with E-state index in [-0.39, 0.29) is 5.91 Å². The van der Waals surface area contributed by atoms with Crippen LogP contribution in [0.3, 0.4) is 0 Å². The first-order valence-corrected chi connectivity index (χ1v) is 7.85. The number of nitrogens with zero attached hydrogens (tertiary/aromatic N) is 1. The van der Waals surface area contributed by atoms with Crippen molar-refractivity contribution in [1.82, 2.24) is 5.32 Å². The molecule has 1 atom stereocenters. The van der Waals surface area contributed by atoms with E-state index in [4.69, 9.17) is 5.73 Å². The van der Waals surface area contributed by atoms with Crippen LogP contribution in [0.1, 0.15) is 16.8 Å². The molecule has 1 heterocycles. The zero-order valence-electron chi connectivity index (χ0n) is 13.3. The van der Waals surface area contributed by atoms with Crippen molar-refractivity contribution < 1.29 is 4.79 Å². The van der Waals surface area contributed by atoms with Gasteiger partial charge in [-0.25, -0.2) is 0 Å². The average molecular weight is 310 g/mol. The Hall–Kier alpha value is -2.53. The molecule has 1 aliphatic rings. The summed E-state index contributed by atoms with van der Waals surface area (Å²) in [5.74, 6) is -0.130. The predicted molar refractivity (Wildman–Crippen MR) is 94.9 cm³/mol. The second kappa shape index (κ2) is 6.71. The van der Waals surface area contributed by atoms with E-state index in [2.05, 4.69) is 27.7 Å². The van der Waals surface area contributed by atoms with Crippen molar-refractivity contribution in [3.05, 3.63) is 54.1 Å². The summed E-state index contributed by atoms with van der Waals surface area (Å²) in [5, 5.41) is 6.22. The van der Waals surface area contributed by atoms with Gasteiger partial charge in [-0.2, -0.15) is 0 Å². The summed E-state index contributed by atoms with van der Waals surface area (Å²) in [6, 6.07) is 15.4. The summed E-state index contributed by atoms with van der Waals surface area (Å²) in [4.78, 5) is 14.5. The summed E-state index contributed by atoms with van der Waals surface area (Å²) in [6.45, 7) is 2.08. The molecule has 2 aromatic rings. The molecule has 0 aromatic heterocycles. The van der Waals surface area contributed by atoms with Gasteiger partial charge < -0.3 is 21.3 Å². The summed E-state index contributed by atoms with van der Waals surface area (Å²) in [7, 11) is 2.00. The molecule has 1 fully saturated rings. The van der Waals surface area contributed by atoms with Crippen LogP contribution in [-0.2, 0) is 0 Å². The van der Waals surface area contributed by atoms with Crippen LogP contribution in [0.2, 0.25) is 0 Å². The van der Waals surface area contributed by atoms with Gasteiger partial charge in [0, 0.05) is 41.8 Å². The summed E-state index contributed by atoms with van der Waals surface area (Å²) in [5.41, 5.74) is 8.86. The highest BCUT2D eigenvalue weighted by molar-refractivity contribution is 6.04. The lowest BCUT2D eigenvalue weighted by Crippen LogP contribution is -2.29. The van der Waals surface area contributed by atoms with Crippen LogP contribution in [0, 0.1) is 0 Å². The van der Waals surface area contributed by atoms with Crippen LogP contribution < -0.4 is 21.3 Å². The van der Waals surface area contributed by atoms with Crippen LogP contribution in [0.4, 0.5) is 17.1 Å². The molecule has 0 radical (unpaired) electrons. The predicted octanol–water partition coefficient (Wildman–Crippen LogP) is 2.32. The van der Waals surface area contributed by atoms with Crippen LogP contribution in [0.25, 0.3) is 0 Å². The molecule has 1 unspecified atom stereocenters. The number of benzene rings is 2. The van der Waals surface area contributed by atoms with Gasteiger partial charge >= 0.3 is 0 Å². The van der Waals surface area contributed by atoms with Gasteiger partial charge in [0.25, 0.3) is 5.91 Å².